The zero-order valence-electron chi connectivity index (χ0n) is 25.9. The van der Waals surface area contributed by atoms with Gasteiger partial charge in [-0.25, -0.2) is 13.2 Å². The van der Waals surface area contributed by atoms with Crippen molar-refractivity contribution in [1.29, 1.82) is 0 Å². The Bertz CT molecular complexity index is 1570. The van der Waals surface area contributed by atoms with Crippen molar-refractivity contribution in [2.24, 2.45) is 5.73 Å². The number of Topliss-reactive ketones (excluding diaryl/α,β-unsaturated/α-hetero) is 1. The number of hydrogen-bond acceptors (Lipinski definition) is 7. The first-order chi connectivity index (χ1) is 22.8. The summed E-state index contributed by atoms with van der Waals surface area (Å²) in [5, 5.41) is 3.34. The summed E-state index contributed by atoms with van der Waals surface area (Å²) >= 11 is 0. The normalized spacial score (nSPS) is 17.0. The maximum absolute atomic E-state index is 15.1. The lowest BCUT2D eigenvalue weighted by Gasteiger charge is -2.30. The third-order valence-electron chi connectivity index (χ3n) is 8.47. The van der Waals surface area contributed by atoms with Gasteiger partial charge in [0, 0.05) is 37.7 Å². The summed E-state index contributed by atoms with van der Waals surface area (Å²) < 4.78 is 53.9. The van der Waals surface area contributed by atoms with Crippen LogP contribution in [0.25, 0.3) is 0 Å². The number of nitrogens with two attached hydrogens (primary N) is 1. The molecule has 0 aliphatic carbocycles. The van der Waals surface area contributed by atoms with E-state index in [0.29, 0.717) is 54.7 Å². The molecule has 0 radical (unpaired) electrons. The third kappa shape index (κ3) is 9.57. The number of carbonyl (C=O) groups excluding carboxylic acids is 2. The van der Waals surface area contributed by atoms with Crippen molar-refractivity contribution >= 4 is 11.8 Å². The monoisotopic (exact) mass is 645 g/mol. The Hall–Kier alpha value is -4.38. The minimum atomic E-state index is -1.05. The number of ketones is 1. The van der Waals surface area contributed by atoms with Crippen molar-refractivity contribution < 1.29 is 32.2 Å². The molecule has 1 aliphatic rings. The van der Waals surface area contributed by atoms with Crippen LogP contribution in [0.3, 0.4) is 0 Å². The standard InChI is InChI=1S/C37H38F3N3O4/c38-28-9-5-25(6-10-28)36(26-7-11-29(39)12-8-26)37(41)34(44)20-27-2-1-3-33(40)32(27)14-13-31-21-43-30(22-46-31)23-47-35(45)15-4-24-16-18-42-19-17-24/h1-3,5-12,16-19,30-31,36-37,43H,4,13-15,20-23,41H2/t30-,31+,37+/m0/s1. The number of rotatable bonds is 14. The average Bonchev–Trinajstić information content (AvgIpc) is 3.09. The number of carbonyl (C=O) groups is 2. The highest BCUT2D eigenvalue weighted by Crippen LogP contribution is 2.29. The summed E-state index contributed by atoms with van der Waals surface area (Å²) in [6, 6.07) is 18.6. The summed E-state index contributed by atoms with van der Waals surface area (Å²) in [6.45, 7) is 1.04. The molecule has 10 heteroatoms. The van der Waals surface area contributed by atoms with E-state index in [0.717, 1.165) is 5.56 Å². The zero-order valence-corrected chi connectivity index (χ0v) is 25.9. The Labute approximate surface area is 272 Å². The summed E-state index contributed by atoms with van der Waals surface area (Å²) in [7, 11) is 0. The van der Waals surface area contributed by atoms with Gasteiger partial charge in [0.2, 0.25) is 0 Å². The molecule has 0 unspecified atom stereocenters. The van der Waals surface area contributed by atoms with E-state index in [4.69, 9.17) is 15.2 Å². The van der Waals surface area contributed by atoms with Crippen LogP contribution < -0.4 is 11.1 Å². The van der Waals surface area contributed by atoms with Gasteiger partial charge in [0.15, 0.2) is 5.78 Å². The Morgan fingerprint density at radius 2 is 1.57 bits per heavy atom. The summed E-state index contributed by atoms with van der Waals surface area (Å²) in [4.78, 5) is 29.7. The number of esters is 1. The van der Waals surface area contributed by atoms with Gasteiger partial charge in [-0.1, -0.05) is 36.4 Å². The first kappa shape index (κ1) is 34.0. The molecule has 0 saturated carbocycles. The highest BCUT2D eigenvalue weighted by Gasteiger charge is 2.29. The van der Waals surface area contributed by atoms with Crippen LogP contribution >= 0.6 is 0 Å². The van der Waals surface area contributed by atoms with Crippen molar-refractivity contribution in [3.05, 3.63) is 137 Å². The molecule has 246 valence electrons. The lowest BCUT2D eigenvalue weighted by atomic mass is 9.82. The highest BCUT2D eigenvalue weighted by molar-refractivity contribution is 5.87. The molecule has 47 heavy (non-hydrogen) atoms. The number of halogens is 3. The third-order valence-corrected chi connectivity index (χ3v) is 8.47. The second-order valence-electron chi connectivity index (χ2n) is 11.8. The van der Waals surface area contributed by atoms with Crippen molar-refractivity contribution in [1.82, 2.24) is 10.3 Å². The van der Waals surface area contributed by atoms with Crippen LogP contribution in [0.15, 0.2) is 91.3 Å². The Balaban J connectivity index is 1.14. The predicted octanol–water partition coefficient (Wildman–Crippen LogP) is 5.24. The van der Waals surface area contributed by atoms with Gasteiger partial charge in [-0.2, -0.15) is 0 Å². The van der Waals surface area contributed by atoms with Gasteiger partial charge in [0.1, 0.15) is 24.1 Å². The van der Waals surface area contributed by atoms with Gasteiger partial charge in [0.05, 0.1) is 24.8 Å². The molecule has 3 N–H and O–H groups in total. The number of aromatic nitrogens is 1. The molecule has 4 aromatic rings. The van der Waals surface area contributed by atoms with Crippen LogP contribution in [0.1, 0.15) is 46.6 Å². The fraction of sp³-hybridized carbons (Fsp3) is 0.324. The van der Waals surface area contributed by atoms with Crippen molar-refractivity contribution in [2.45, 2.75) is 56.2 Å². The Morgan fingerprint density at radius 1 is 0.915 bits per heavy atom. The topological polar surface area (TPSA) is 104 Å². The molecule has 1 aromatic heterocycles. The minimum absolute atomic E-state index is 0.106. The van der Waals surface area contributed by atoms with Gasteiger partial charge in [-0.15, -0.1) is 0 Å². The lowest BCUT2D eigenvalue weighted by molar-refractivity contribution is -0.145. The first-order valence-corrected chi connectivity index (χ1v) is 15.7. The number of nitrogens with zero attached hydrogens (tertiary/aromatic N) is 1. The molecule has 0 spiro atoms. The molecule has 7 nitrogen and oxygen atoms in total. The molecule has 0 amide bonds. The lowest BCUT2D eigenvalue weighted by Crippen LogP contribution is -2.49. The van der Waals surface area contributed by atoms with Crippen LogP contribution in [0.5, 0.6) is 0 Å². The first-order valence-electron chi connectivity index (χ1n) is 15.7. The quantitative estimate of drug-likeness (QED) is 0.181. The van der Waals surface area contributed by atoms with Gasteiger partial charge in [-0.3, -0.25) is 14.6 Å². The second kappa shape index (κ2) is 16.4. The van der Waals surface area contributed by atoms with Crippen molar-refractivity contribution in [3.63, 3.8) is 0 Å². The van der Waals surface area contributed by atoms with Crippen LogP contribution in [-0.2, 0) is 38.3 Å². The fourth-order valence-corrected chi connectivity index (χ4v) is 5.82. The average molecular weight is 646 g/mol. The van der Waals surface area contributed by atoms with E-state index in [-0.39, 0.29) is 43.3 Å². The van der Waals surface area contributed by atoms with Crippen LogP contribution in [0, 0.1) is 17.5 Å². The maximum atomic E-state index is 15.1. The number of hydrogen-bond donors (Lipinski definition) is 2. The molecule has 1 aliphatic heterocycles. The molecule has 3 aromatic carbocycles. The number of morpholine rings is 1. The Kier molecular flexibility index (Phi) is 11.9. The van der Waals surface area contributed by atoms with Crippen LogP contribution in [0.4, 0.5) is 13.2 Å². The van der Waals surface area contributed by atoms with Gasteiger partial charge in [0.25, 0.3) is 0 Å². The van der Waals surface area contributed by atoms with E-state index >= 15 is 4.39 Å². The van der Waals surface area contributed by atoms with E-state index in [1.807, 2.05) is 12.1 Å². The molecule has 0 bridgehead atoms. The smallest absolute Gasteiger partial charge is 0.306 e. The SMILES string of the molecule is N[C@H](C(=O)Cc1cccc(F)c1CC[C@@H]1CN[C@H](COC(=O)CCc2ccncc2)CO1)C(c1ccc(F)cc1)c1ccc(F)cc1. The largest absolute Gasteiger partial charge is 0.464 e. The van der Waals surface area contributed by atoms with Crippen LogP contribution in [0.2, 0.25) is 0 Å². The summed E-state index contributed by atoms with van der Waals surface area (Å²) in [5.74, 6) is -2.55. The van der Waals surface area contributed by atoms with Gasteiger partial charge < -0.3 is 20.5 Å². The van der Waals surface area contributed by atoms with E-state index in [9.17, 15) is 18.4 Å². The predicted molar refractivity (Wildman–Crippen MR) is 171 cm³/mol. The molecule has 5 rings (SSSR count). The van der Waals surface area contributed by atoms with E-state index < -0.39 is 29.4 Å². The number of aryl methyl sites for hydroxylation is 1. The fourth-order valence-electron chi connectivity index (χ4n) is 5.82. The van der Waals surface area contributed by atoms with E-state index in [2.05, 4.69) is 10.3 Å². The molecule has 1 saturated heterocycles. The second-order valence-corrected chi connectivity index (χ2v) is 11.8. The molecular weight excluding hydrogens is 607 g/mol. The van der Waals surface area contributed by atoms with Gasteiger partial charge in [-0.05, 0) is 89.5 Å². The number of nitrogens with one attached hydrogen (secondary N) is 1. The molecule has 1 fully saturated rings. The number of ether oxygens (including phenoxy) is 2. The maximum Gasteiger partial charge on any atom is 0.306 e. The molecule has 3 atom stereocenters. The number of benzene rings is 3. The highest BCUT2D eigenvalue weighted by atomic mass is 19.1. The van der Waals surface area contributed by atoms with Crippen molar-refractivity contribution in [3.8, 4) is 0 Å². The van der Waals surface area contributed by atoms with Crippen molar-refractivity contribution in [2.75, 3.05) is 19.8 Å². The van der Waals surface area contributed by atoms with Gasteiger partial charge >= 0.3 is 5.97 Å². The Morgan fingerprint density at radius 3 is 2.19 bits per heavy atom. The number of pyridine rings is 1. The van der Waals surface area contributed by atoms with E-state index in [1.165, 1.54) is 30.3 Å². The summed E-state index contributed by atoms with van der Waals surface area (Å²) in [6.07, 6.45) is 4.78. The van der Waals surface area contributed by atoms with E-state index in [1.54, 1.807) is 48.8 Å². The summed E-state index contributed by atoms with van der Waals surface area (Å²) in [5.41, 5.74) is 9.72. The molecule has 2 heterocycles. The minimum Gasteiger partial charge on any atom is -0.464 e. The molecular formula is C37H38F3N3O4. The zero-order chi connectivity index (χ0) is 33.2. The van der Waals surface area contributed by atoms with Crippen LogP contribution in [-0.4, -0.2) is 54.7 Å².